The Morgan fingerprint density at radius 2 is 1.52 bits per heavy atom. The molecule has 1 saturated heterocycles. The third-order valence-electron chi connectivity index (χ3n) is 5.05. The van der Waals surface area contributed by atoms with Crippen molar-refractivity contribution in [1.82, 2.24) is 18.8 Å². The summed E-state index contributed by atoms with van der Waals surface area (Å²) in [6.07, 6.45) is 0. The third kappa shape index (κ3) is 4.96. The summed E-state index contributed by atoms with van der Waals surface area (Å²) in [7, 11) is -7.67. The van der Waals surface area contributed by atoms with Gasteiger partial charge in [-0.15, -0.1) is 10.2 Å². The number of aryl methyl sites for hydroxylation is 1. The minimum atomic E-state index is -3.98. The monoisotopic (exact) mass is 507 g/mol. The maximum atomic E-state index is 13.0. The van der Waals surface area contributed by atoms with Crippen LogP contribution in [0.15, 0.2) is 63.8 Å². The van der Waals surface area contributed by atoms with Crippen LogP contribution in [0, 0.1) is 6.92 Å². The van der Waals surface area contributed by atoms with E-state index in [9.17, 15) is 21.6 Å². The lowest BCUT2D eigenvalue weighted by Crippen LogP contribution is -2.50. The zero-order valence-corrected chi connectivity index (χ0v) is 20.0. The topological polar surface area (TPSA) is 130 Å². The number of aromatic nitrogens is 2. The minimum absolute atomic E-state index is 0.0149. The van der Waals surface area contributed by atoms with Crippen LogP contribution in [0.5, 0.6) is 0 Å². The van der Waals surface area contributed by atoms with E-state index in [4.69, 9.17) is 0 Å². The van der Waals surface area contributed by atoms with E-state index in [1.165, 1.54) is 20.7 Å². The molecule has 174 valence electrons. The predicted molar refractivity (Wildman–Crippen MR) is 123 cm³/mol. The molecule has 1 aliphatic rings. The van der Waals surface area contributed by atoms with Crippen molar-refractivity contribution >= 4 is 42.4 Å². The van der Waals surface area contributed by atoms with Gasteiger partial charge in [0.05, 0.1) is 4.90 Å². The molecule has 2 aromatic carbocycles. The molecule has 0 aliphatic carbocycles. The first-order chi connectivity index (χ1) is 15.7. The summed E-state index contributed by atoms with van der Waals surface area (Å²) < 4.78 is 53.7. The van der Waals surface area contributed by atoms with E-state index in [2.05, 4.69) is 15.5 Å². The van der Waals surface area contributed by atoms with Crippen LogP contribution in [0.4, 0.5) is 5.13 Å². The summed E-state index contributed by atoms with van der Waals surface area (Å²) in [4.78, 5) is 12.5. The van der Waals surface area contributed by atoms with E-state index in [0.717, 1.165) is 16.9 Å². The average molecular weight is 508 g/mol. The average Bonchev–Trinajstić information content (AvgIpc) is 3.29. The number of carbonyl (C=O) groups excluding carboxylic acids is 1. The van der Waals surface area contributed by atoms with Crippen molar-refractivity contribution in [3.8, 4) is 0 Å². The van der Waals surface area contributed by atoms with Crippen LogP contribution in [0.3, 0.4) is 0 Å². The first-order valence-corrected chi connectivity index (χ1v) is 13.6. The van der Waals surface area contributed by atoms with Crippen LogP contribution in [0.2, 0.25) is 0 Å². The molecule has 3 aromatic rings. The van der Waals surface area contributed by atoms with Gasteiger partial charge in [-0.25, -0.2) is 16.8 Å². The van der Waals surface area contributed by atoms with Crippen molar-refractivity contribution in [2.24, 2.45) is 0 Å². The Morgan fingerprint density at radius 1 is 0.879 bits per heavy atom. The van der Waals surface area contributed by atoms with E-state index < -0.39 is 26.0 Å². The normalized spacial score (nSPS) is 15.9. The molecule has 1 aromatic heterocycles. The van der Waals surface area contributed by atoms with Crippen LogP contribution >= 0.6 is 11.3 Å². The zero-order valence-electron chi connectivity index (χ0n) is 17.6. The SMILES string of the molecule is Cc1cccc(C(=O)Nc2nnc(S(=O)(=O)N3CCN(S(=O)(=O)c4ccccc4)CC3)s2)c1. The number of piperazine rings is 1. The van der Waals surface area contributed by atoms with Crippen molar-refractivity contribution in [3.63, 3.8) is 0 Å². The van der Waals surface area contributed by atoms with Crippen LogP contribution in [0.25, 0.3) is 0 Å². The quantitative estimate of drug-likeness (QED) is 0.504. The van der Waals surface area contributed by atoms with E-state index in [-0.39, 0.29) is 40.5 Å². The van der Waals surface area contributed by atoms with Crippen molar-refractivity contribution in [2.45, 2.75) is 16.2 Å². The van der Waals surface area contributed by atoms with Gasteiger partial charge in [-0.2, -0.15) is 8.61 Å². The molecule has 10 nitrogen and oxygen atoms in total. The van der Waals surface area contributed by atoms with Gasteiger partial charge >= 0.3 is 0 Å². The molecule has 0 radical (unpaired) electrons. The van der Waals surface area contributed by atoms with E-state index in [1.54, 1.807) is 36.4 Å². The van der Waals surface area contributed by atoms with Gasteiger partial charge in [0.15, 0.2) is 0 Å². The summed E-state index contributed by atoms with van der Waals surface area (Å²) in [5.74, 6) is -0.418. The van der Waals surface area contributed by atoms with Gasteiger partial charge in [-0.05, 0) is 31.2 Å². The van der Waals surface area contributed by atoms with Gasteiger partial charge in [0, 0.05) is 31.7 Å². The number of nitrogens with one attached hydrogen (secondary N) is 1. The predicted octanol–water partition coefficient (Wildman–Crippen LogP) is 1.79. The molecule has 13 heteroatoms. The summed E-state index contributed by atoms with van der Waals surface area (Å²) in [5.41, 5.74) is 1.34. The largest absolute Gasteiger partial charge is 0.296 e. The second-order valence-corrected chi connectivity index (χ2v) is 12.3. The lowest BCUT2D eigenvalue weighted by atomic mass is 10.1. The summed E-state index contributed by atoms with van der Waals surface area (Å²) in [6.45, 7) is 1.87. The molecule has 0 saturated carbocycles. The van der Waals surface area contributed by atoms with Gasteiger partial charge < -0.3 is 0 Å². The molecule has 1 aliphatic heterocycles. The van der Waals surface area contributed by atoms with Gasteiger partial charge in [-0.1, -0.05) is 47.2 Å². The van der Waals surface area contributed by atoms with Crippen LogP contribution in [-0.2, 0) is 20.0 Å². The first kappa shape index (κ1) is 23.4. The van der Waals surface area contributed by atoms with Crippen molar-refractivity contribution in [2.75, 3.05) is 31.5 Å². The van der Waals surface area contributed by atoms with Crippen molar-refractivity contribution in [1.29, 1.82) is 0 Å². The Kier molecular flexibility index (Phi) is 6.59. The highest BCUT2D eigenvalue weighted by atomic mass is 32.2. The van der Waals surface area contributed by atoms with Gasteiger partial charge in [-0.3, -0.25) is 10.1 Å². The molecule has 4 rings (SSSR count). The molecular formula is C20H21N5O5S3. The smallest absolute Gasteiger partial charge is 0.272 e. The van der Waals surface area contributed by atoms with Gasteiger partial charge in [0.2, 0.25) is 19.5 Å². The molecular weight excluding hydrogens is 486 g/mol. The van der Waals surface area contributed by atoms with E-state index in [1.807, 2.05) is 13.0 Å². The number of hydrogen-bond acceptors (Lipinski definition) is 8. The zero-order chi connectivity index (χ0) is 23.6. The molecule has 0 spiro atoms. The first-order valence-electron chi connectivity index (χ1n) is 9.95. The fraction of sp³-hybridized carbons (Fsp3) is 0.250. The molecule has 2 heterocycles. The standard InChI is InChI=1S/C20H21N5O5S3/c1-15-6-5-7-16(14-15)18(26)21-19-22-23-20(31-19)33(29,30)25-12-10-24(11-13-25)32(27,28)17-8-3-2-4-9-17/h2-9,14H,10-13H2,1H3,(H,21,22,26). The number of carbonyl (C=O) groups is 1. The Labute approximate surface area is 196 Å². The molecule has 0 unspecified atom stereocenters. The number of amides is 1. The lowest BCUT2D eigenvalue weighted by molar-refractivity contribution is 0.102. The Hall–Kier alpha value is -2.71. The second kappa shape index (κ2) is 9.27. The molecule has 0 atom stereocenters. The fourth-order valence-electron chi connectivity index (χ4n) is 3.32. The van der Waals surface area contributed by atoms with E-state index >= 15 is 0 Å². The number of rotatable bonds is 6. The number of sulfonamides is 2. The molecule has 0 bridgehead atoms. The number of benzene rings is 2. The van der Waals surface area contributed by atoms with Crippen LogP contribution in [-0.4, -0.2) is 67.7 Å². The maximum absolute atomic E-state index is 13.0. The van der Waals surface area contributed by atoms with Crippen molar-refractivity contribution < 1.29 is 21.6 Å². The lowest BCUT2D eigenvalue weighted by Gasteiger charge is -2.32. The van der Waals surface area contributed by atoms with Gasteiger partial charge in [0.25, 0.3) is 15.9 Å². The summed E-state index contributed by atoms with van der Waals surface area (Å²) >= 11 is 0.748. The Morgan fingerprint density at radius 3 is 2.15 bits per heavy atom. The molecule has 1 amide bonds. The Bertz CT molecular complexity index is 1370. The second-order valence-electron chi connectivity index (χ2n) is 7.32. The fourth-order valence-corrected chi connectivity index (χ4v) is 7.22. The molecule has 1 fully saturated rings. The highest BCUT2D eigenvalue weighted by molar-refractivity contribution is 7.91. The summed E-state index contributed by atoms with van der Waals surface area (Å²) in [6, 6.07) is 15.0. The highest BCUT2D eigenvalue weighted by Gasteiger charge is 2.35. The molecule has 33 heavy (non-hydrogen) atoms. The van der Waals surface area contributed by atoms with Crippen molar-refractivity contribution in [3.05, 3.63) is 65.7 Å². The van der Waals surface area contributed by atoms with Crippen LogP contribution in [0.1, 0.15) is 15.9 Å². The highest BCUT2D eigenvalue weighted by Crippen LogP contribution is 2.26. The minimum Gasteiger partial charge on any atom is -0.296 e. The Balaban J connectivity index is 1.42. The third-order valence-corrected chi connectivity index (χ3v) is 10.0. The maximum Gasteiger partial charge on any atom is 0.272 e. The van der Waals surface area contributed by atoms with Gasteiger partial charge in [0.1, 0.15) is 0 Å². The number of anilines is 1. The van der Waals surface area contributed by atoms with E-state index in [0.29, 0.717) is 5.56 Å². The summed E-state index contributed by atoms with van der Waals surface area (Å²) in [5, 5.41) is 10.1. The molecule has 1 N–H and O–H groups in total. The number of nitrogens with zero attached hydrogens (tertiary/aromatic N) is 4. The van der Waals surface area contributed by atoms with Crippen LogP contribution < -0.4 is 5.32 Å². The number of hydrogen-bond donors (Lipinski definition) is 1.